The summed E-state index contributed by atoms with van der Waals surface area (Å²) in [7, 11) is 0. The summed E-state index contributed by atoms with van der Waals surface area (Å²) >= 11 is 0. The summed E-state index contributed by atoms with van der Waals surface area (Å²) in [6, 6.07) is 18.4. The van der Waals surface area contributed by atoms with Gasteiger partial charge in [0, 0.05) is 12.3 Å². The van der Waals surface area contributed by atoms with Crippen LogP contribution in [0.5, 0.6) is 0 Å². The monoisotopic (exact) mass is 448 g/mol. The molecule has 0 unspecified atom stereocenters. The topological polar surface area (TPSA) is 77.5 Å². The summed E-state index contributed by atoms with van der Waals surface area (Å²) in [4.78, 5) is 51.7. The van der Waals surface area contributed by atoms with Crippen molar-refractivity contribution in [1.29, 1.82) is 0 Å². The van der Waals surface area contributed by atoms with Gasteiger partial charge >= 0.3 is 5.97 Å². The van der Waals surface area contributed by atoms with Crippen LogP contribution in [-0.2, 0) is 30.3 Å². The molecule has 0 radical (unpaired) electrons. The zero-order valence-electron chi connectivity index (χ0n) is 19.6. The third-order valence-electron chi connectivity index (χ3n) is 5.31. The van der Waals surface area contributed by atoms with Crippen molar-refractivity contribution in [1.82, 2.24) is 0 Å². The average molecular weight is 449 g/mol. The van der Waals surface area contributed by atoms with E-state index in [4.69, 9.17) is 4.74 Å². The minimum absolute atomic E-state index is 0.0833. The molecular formula is C28H32O5. The van der Waals surface area contributed by atoms with Gasteiger partial charge in [0.05, 0.1) is 12.5 Å². The SMILES string of the molecule is CCCCOC(=O)C(=O)[C@H](C[C@H](C(=O)Cc1ccccc1)c1ccccc1)C(=O)C=C(C)C. The largest absolute Gasteiger partial charge is 0.460 e. The van der Waals surface area contributed by atoms with E-state index in [1.54, 1.807) is 26.0 Å². The van der Waals surface area contributed by atoms with Crippen LogP contribution in [-0.4, -0.2) is 29.9 Å². The standard InChI is InChI=1S/C28H32O5/c1-4-5-16-33-28(32)27(31)24(25(29)17-20(2)3)19-23(22-14-10-7-11-15-22)26(30)18-21-12-8-6-9-13-21/h6-15,17,23-24H,4-5,16,18-19H2,1-3H3/t23-,24+/m0/s1. The first-order chi connectivity index (χ1) is 15.8. The maximum Gasteiger partial charge on any atom is 0.375 e. The van der Waals surface area contributed by atoms with Crippen molar-refractivity contribution in [3.63, 3.8) is 0 Å². The van der Waals surface area contributed by atoms with Gasteiger partial charge in [0.25, 0.3) is 5.78 Å². The number of carbonyl (C=O) groups excluding carboxylic acids is 4. The Balaban J connectivity index is 2.35. The van der Waals surface area contributed by atoms with E-state index >= 15 is 0 Å². The number of rotatable bonds is 13. The van der Waals surface area contributed by atoms with E-state index in [0.29, 0.717) is 17.6 Å². The molecule has 0 aliphatic heterocycles. The molecule has 5 nitrogen and oxygen atoms in total. The van der Waals surface area contributed by atoms with Gasteiger partial charge in [-0.2, -0.15) is 0 Å². The quantitative estimate of drug-likeness (QED) is 0.141. The second-order valence-electron chi connectivity index (χ2n) is 8.36. The van der Waals surface area contributed by atoms with Gasteiger partial charge < -0.3 is 4.74 Å². The fourth-order valence-corrected chi connectivity index (χ4v) is 3.55. The van der Waals surface area contributed by atoms with Gasteiger partial charge in [0.1, 0.15) is 5.78 Å². The molecule has 0 aliphatic rings. The number of benzene rings is 2. The van der Waals surface area contributed by atoms with Crippen LogP contribution in [0.3, 0.4) is 0 Å². The summed E-state index contributed by atoms with van der Waals surface area (Å²) in [6.45, 7) is 5.56. The van der Waals surface area contributed by atoms with Crippen LogP contribution in [0.25, 0.3) is 0 Å². The minimum Gasteiger partial charge on any atom is -0.460 e. The van der Waals surface area contributed by atoms with Gasteiger partial charge in [-0.1, -0.05) is 79.6 Å². The van der Waals surface area contributed by atoms with Crippen molar-refractivity contribution in [2.75, 3.05) is 6.61 Å². The smallest absolute Gasteiger partial charge is 0.375 e. The van der Waals surface area contributed by atoms with Crippen molar-refractivity contribution in [3.8, 4) is 0 Å². The predicted molar refractivity (Wildman–Crippen MR) is 128 cm³/mol. The van der Waals surface area contributed by atoms with Gasteiger partial charge in [-0.05, 0) is 43.9 Å². The molecule has 5 heteroatoms. The first kappa shape index (κ1) is 25.9. The van der Waals surface area contributed by atoms with E-state index < -0.39 is 29.4 Å². The number of ether oxygens (including phenoxy) is 1. The lowest BCUT2D eigenvalue weighted by Crippen LogP contribution is -2.34. The Morgan fingerprint density at radius 1 is 0.909 bits per heavy atom. The lowest BCUT2D eigenvalue weighted by atomic mass is 9.80. The van der Waals surface area contributed by atoms with E-state index in [-0.39, 0.29) is 25.2 Å². The number of Topliss-reactive ketones (excluding diaryl/α,β-unsaturated/α-hetero) is 2. The Labute approximate surface area is 195 Å². The summed E-state index contributed by atoms with van der Waals surface area (Å²) in [5.74, 6) is -4.51. The molecule has 0 bridgehead atoms. The Kier molecular flexibility index (Phi) is 10.4. The highest BCUT2D eigenvalue weighted by atomic mass is 16.5. The molecule has 33 heavy (non-hydrogen) atoms. The second-order valence-corrected chi connectivity index (χ2v) is 8.36. The summed E-state index contributed by atoms with van der Waals surface area (Å²) in [6.07, 6.45) is 2.88. The number of unbranched alkanes of at least 4 members (excludes halogenated alkanes) is 1. The Bertz CT molecular complexity index is 972. The summed E-state index contributed by atoms with van der Waals surface area (Å²) < 4.78 is 5.08. The first-order valence-corrected chi connectivity index (χ1v) is 11.3. The van der Waals surface area contributed by atoms with Crippen LogP contribution in [0.2, 0.25) is 0 Å². The Hall–Kier alpha value is -3.34. The predicted octanol–water partition coefficient (Wildman–Crippen LogP) is 5.04. The number of allylic oxidation sites excluding steroid dienone is 2. The van der Waals surface area contributed by atoms with E-state index in [2.05, 4.69) is 0 Å². The lowest BCUT2D eigenvalue weighted by molar-refractivity contribution is -0.157. The zero-order chi connectivity index (χ0) is 24.2. The van der Waals surface area contributed by atoms with Crippen LogP contribution >= 0.6 is 0 Å². The lowest BCUT2D eigenvalue weighted by Gasteiger charge is -2.21. The number of hydrogen-bond donors (Lipinski definition) is 0. The third-order valence-corrected chi connectivity index (χ3v) is 5.31. The third kappa shape index (κ3) is 8.26. The minimum atomic E-state index is -1.28. The van der Waals surface area contributed by atoms with Crippen molar-refractivity contribution in [2.24, 2.45) is 5.92 Å². The average Bonchev–Trinajstić information content (AvgIpc) is 2.80. The molecule has 2 atom stereocenters. The summed E-state index contributed by atoms with van der Waals surface area (Å²) in [5, 5.41) is 0. The molecule has 0 heterocycles. The number of esters is 1. The molecular weight excluding hydrogens is 416 g/mol. The van der Waals surface area contributed by atoms with E-state index in [1.165, 1.54) is 6.08 Å². The molecule has 0 N–H and O–H groups in total. The van der Waals surface area contributed by atoms with Crippen LogP contribution in [0.15, 0.2) is 72.3 Å². The molecule has 0 spiro atoms. The summed E-state index contributed by atoms with van der Waals surface area (Å²) in [5.41, 5.74) is 2.27. The molecule has 0 aromatic heterocycles. The van der Waals surface area contributed by atoms with Gasteiger partial charge in [0.15, 0.2) is 5.78 Å². The molecule has 0 aliphatic carbocycles. The maximum atomic E-state index is 13.3. The van der Waals surface area contributed by atoms with Gasteiger partial charge in [-0.3, -0.25) is 14.4 Å². The van der Waals surface area contributed by atoms with Crippen molar-refractivity contribution in [2.45, 2.75) is 52.4 Å². The molecule has 2 aromatic rings. The molecule has 0 saturated carbocycles. The number of carbonyl (C=O) groups is 4. The second kappa shape index (κ2) is 13.3. The number of ketones is 3. The molecule has 0 fully saturated rings. The highest BCUT2D eigenvalue weighted by Gasteiger charge is 2.36. The van der Waals surface area contributed by atoms with Crippen molar-refractivity contribution in [3.05, 3.63) is 83.4 Å². The highest BCUT2D eigenvalue weighted by molar-refractivity contribution is 6.39. The van der Waals surface area contributed by atoms with Crippen LogP contribution < -0.4 is 0 Å². The van der Waals surface area contributed by atoms with Gasteiger partial charge in [-0.15, -0.1) is 0 Å². The molecule has 2 rings (SSSR count). The van der Waals surface area contributed by atoms with Crippen LogP contribution in [0.1, 0.15) is 57.1 Å². The molecule has 2 aromatic carbocycles. The van der Waals surface area contributed by atoms with Gasteiger partial charge in [-0.25, -0.2) is 4.79 Å². The van der Waals surface area contributed by atoms with E-state index in [9.17, 15) is 19.2 Å². The zero-order valence-corrected chi connectivity index (χ0v) is 19.6. The molecule has 0 saturated heterocycles. The van der Waals surface area contributed by atoms with E-state index in [1.807, 2.05) is 55.5 Å². The number of hydrogen-bond acceptors (Lipinski definition) is 5. The van der Waals surface area contributed by atoms with Crippen molar-refractivity contribution >= 4 is 23.3 Å². The van der Waals surface area contributed by atoms with Crippen LogP contribution in [0, 0.1) is 5.92 Å². The first-order valence-electron chi connectivity index (χ1n) is 11.3. The van der Waals surface area contributed by atoms with Crippen molar-refractivity contribution < 1.29 is 23.9 Å². The van der Waals surface area contributed by atoms with E-state index in [0.717, 1.165) is 12.0 Å². The molecule has 174 valence electrons. The highest BCUT2D eigenvalue weighted by Crippen LogP contribution is 2.28. The fraction of sp³-hybridized carbons (Fsp3) is 0.357. The fourth-order valence-electron chi connectivity index (χ4n) is 3.55. The Morgan fingerprint density at radius 3 is 2.09 bits per heavy atom. The maximum absolute atomic E-state index is 13.3. The normalized spacial score (nSPS) is 12.3. The van der Waals surface area contributed by atoms with Gasteiger partial charge in [0.2, 0.25) is 0 Å². The Morgan fingerprint density at radius 2 is 1.52 bits per heavy atom. The molecule has 0 amide bonds. The van der Waals surface area contributed by atoms with Crippen LogP contribution in [0.4, 0.5) is 0 Å².